The van der Waals surface area contributed by atoms with Crippen LogP contribution in [0, 0.1) is 5.82 Å². The maximum Gasteiger partial charge on any atom is 0.224 e. The molecule has 0 radical (unpaired) electrons. The van der Waals surface area contributed by atoms with E-state index in [1.54, 1.807) is 30.3 Å². The van der Waals surface area contributed by atoms with Crippen LogP contribution < -0.4 is 10.1 Å². The Morgan fingerprint density at radius 1 is 1.23 bits per heavy atom. The number of tetrazole rings is 1. The van der Waals surface area contributed by atoms with E-state index in [4.69, 9.17) is 4.74 Å². The van der Waals surface area contributed by atoms with Gasteiger partial charge in [-0.2, -0.15) is 0 Å². The Bertz CT molecular complexity index is 866. The molecule has 1 N–H and O–H groups in total. The molecule has 7 nitrogen and oxygen atoms in total. The Balaban J connectivity index is 1.57. The van der Waals surface area contributed by atoms with Gasteiger partial charge in [0, 0.05) is 12.5 Å². The number of nitrogens with zero attached hydrogens (tertiary/aromatic N) is 4. The molecule has 1 amide bonds. The van der Waals surface area contributed by atoms with Crippen LogP contribution in [0.1, 0.15) is 18.4 Å². The van der Waals surface area contributed by atoms with Crippen molar-refractivity contribution in [1.29, 1.82) is 0 Å². The number of rotatable bonds is 7. The zero-order valence-corrected chi connectivity index (χ0v) is 14.2. The van der Waals surface area contributed by atoms with Gasteiger partial charge in [-0.25, -0.2) is 9.07 Å². The minimum atomic E-state index is -0.260. The molecule has 0 saturated heterocycles. The lowest BCUT2D eigenvalue weighted by Gasteiger charge is -2.11. The summed E-state index contributed by atoms with van der Waals surface area (Å²) in [5.41, 5.74) is 2.31. The summed E-state index contributed by atoms with van der Waals surface area (Å²) in [6, 6.07) is 11.6. The molecule has 3 aromatic rings. The number of hydrogen-bond acceptors (Lipinski definition) is 5. The number of methoxy groups -OCH3 is 1. The number of anilines is 1. The normalized spacial score (nSPS) is 10.5. The molecule has 26 heavy (non-hydrogen) atoms. The van der Waals surface area contributed by atoms with E-state index < -0.39 is 0 Å². The highest BCUT2D eigenvalue weighted by molar-refractivity contribution is 5.92. The van der Waals surface area contributed by atoms with E-state index in [9.17, 15) is 9.18 Å². The van der Waals surface area contributed by atoms with Gasteiger partial charge in [0.15, 0.2) is 0 Å². The number of ether oxygens (including phenoxy) is 1. The van der Waals surface area contributed by atoms with Gasteiger partial charge >= 0.3 is 0 Å². The van der Waals surface area contributed by atoms with Crippen molar-refractivity contribution < 1.29 is 13.9 Å². The summed E-state index contributed by atoms with van der Waals surface area (Å²) in [6.07, 6.45) is 3.21. The maximum absolute atomic E-state index is 12.9. The predicted molar refractivity (Wildman–Crippen MR) is 93.7 cm³/mol. The molecule has 1 heterocycles. The monoisotopic (exact) mass is 355 g/mol. The minimum Gasteiger partial charge on any atom is -0.494 e. The van der Waals surface area contributed by atoms with Crippen LogP contribution in [-0.2, 0) is 11.2 Å². The third-order valence-electron chi connectivity index (χ3n) is 3.86. The average molecular weight is 355 g/mol. The Hall–Kier alpha value is -3.29. The third kappa shape index (κ3) is 4.41. The highest BCUT2D eigenvalue weighted by Gasteiger charge is 2.10. The first kappa shape index (κ1) is 17.5. The topological polar surface area (TPSA) is 81.9 Å². The number of carbonyl (C=O) groups is 1. The Morgan fingerprint density at radius 2 is 2.04 bits per heavy atom. The van der Waals surface area contributed by atoms with Gasteiger partial charge in [-0.15, -0.1) is 5.10 Å². The summed E-state index contributed by atoms with van der Waals surface area (Å²) in [5, 5.41) is 13.8. The van der Waals surface area contributed by atoms with E-state index in [0.717, 1.165) is 11.3 Å². The molecule has 3 rings (SSSR count). The molecule has 0 bridgehead atoms. The fourth-order valence-corrected chi connectivity index (χ4v) is 2.52. The zero-order valence-electron chi connectivity index (χ0n) is 14.2. The van der Waals surface area contributed by atoms with Gasteiger partial charge in [0.2, 0.25) is 5.91 Å². The van der Waals surface area contributed by atoms with E-state index in [0.29, 0.717) is 30.7 Å². The first-order chi connectivity index (χ1) is 12.7. The number of nitrogens with one attached hydrogen (secondary N) is 1. The van der Waals surface area contributed by atoms with E-state index in [2.05, 4.69) is 20.8 Å². The number of hydrogen-bond donors (Lipinski definition) is 1. The van der Waals surface area contributed by atoms with Gasteiger partial charge in [0.1, 0.15) is 17.9 Å². The summed E-state index contributed by atoms with van der Waals surface area (Å²) >= 11 is 0. The quantitative estimate of drug-likeness (QED) is 0.705. The number of benzene rings is 2. The van der Waals surface area contributed by atoms with Gasteiger partial charge < -0.3 is 10.1 Å². The second-order valence-electron chi connectivity index (χ2n) is 5.67. The van der Waals surface area contributed by atoms with Gasteiger partial charge in [-0.3, -0.25) is 4.79 Å². The Kier molecular flexibility index (Phi) is 5.52. The Labute approximate surface area is 149 Å². The number of aryl methyl sites for hydroxylation is 1. The van der Waals surface area contributed by atoms with Crippen LogP contribution in [0.5, 0.6) is 5.75 Å². The highest BCUT2D eigenvalue weighted by Crippen LogP contribution is 2.27. The predicted octanol–water partition coefficient (Wildman–Crippen LogP) is 2.77. The molecule has 1 aromatic heterocycles. The van der Waals surface area contributed by atoms with Gasteiger partial charge in [-0.1, -0.05) is 12.1 Å². The van der Waals surface area contributed by atoms with Crippen molar-refractivity contribution in [3.63, 3.8) is 0 Å². The summed E-state index contributed by atoms with van der Waals surface area (Å²) in [5.74, 6) is 0.147. The zero-order chi connectivity index (χ0) is 18.4. The number of carbonyl (C=O) groups excluding carboxylic acids is 1. The second kappa shape index (κ2) is 8.19. The van der Waals surface area contributed by atoms with Crippen LogP contribution in [0.2, 0.25) is 0 Å². The van der Waals surface area contributed by atoms with Crippen molar-refractivity contribution >= 4 is 11.6 Å². The molecule has 0 unspecified atom stereocenters. The van der Waals surface area contributed by atoms with Crippen LogP contribution in [0.4, 0.5) is 10.1 Å². The summed E-state index contributed by atoms with van der Waals surface area (Å²) in [6.45, 7) is 0. The van der Waals surface area contributed by atoms with Gasteiger partial charge in [-0.05, 0) is 53.1 Å². The van der Waals surface area contributed by atoms with Crippen molar-refractivity contribution in [3.05, 3.63) is 60.2 Å². The van der Waals surface area contributed by atoms with Crippen LogP contribution >= 0.6 is 0 Å². The smallest absolute Gasteiger partial charge is 0.224 e. The first-order valence-electron chi connectivity index (χ1n) is 8.11. The molecule has 8 heteroatoms. The number of amides is 1. The van der Waals surface area contributed by atoms with Gasteiger partial charge in [0.25, 0.3) is 0 Å². The fraction of sp³-hybridized carbons (Fsp3) is 0.222. The van der Waals surface area contributed by atoms with Crippen molar-refractivity contribution in [2.75, 3.05) is 12.4 Å². The summed E-state index contributed by atoms with van der Waals surface area (Å²) in [4.78, 5) is 12.2. The minimum absolute atomic E-state index is 0.111. The molecule has 0 aliphatic heterocycles. The molecule has 134 valence electrons. The van der Waals surface area contributed by atoms with E-state index >= 15 is 0 Å². The van der Waals surface area contributed by atoms with E-state index in [-0.39, 0.29) is 11.7 Å². The summed E-state index contributed by atoms with van der Waals surface area (Å²) < 4.78 is 19.7. The molecule has 0 fully saturated rings. The highest BCUT2D eigenvalue weighted by atomic mass is 19.1. The van der Waals surface area contributed by atoms with E-state index in [1.807, 2.05) is 0 Å². The summed E-state index contributed by atoms with van der Waals surface area (Å²) in [7, 11) is 1.53. The van der Waals surface area contributed by atoms with Crippen LogP contribution in [0.3, 0.4) is 0 Å². The van der Waals surface area contributed by atoms with Crippen LogP contribution in [-0.4, -0.2) is 33.2 Å². The fourth-order valence-electron chi connectivity index (χ4n) is 2.52. The molecular weight excluding hydrogens is 337 g/mol. The molecule has 0 atom stereocenters. The first-order valence-corrected chi connectivity index (χ1v) is 8.11. The lowest BCUT2D eigenvalue weighted by Crippen LogP contribution is -2.12. The molecule has 0 aliphatic rings. The van der Waals surface area contributed by atoms with Crippen molar-refractivity contribution in [2.45, 2.75) is 19.3 Å². The lowest BCUT2D eigenvalue weighted by molar-refractivity contribution is -0.116. The van der Waals surface area contributed by atoms with Crippen LogP contribution in [0.25, 0.3) is 5.69 Å². The molecule has 0 spiro atoms. The molecule has 0 saturated carbocycles. The number of halogens is 1. The largest absolute Gasteiger partial charge is 0.494 e. The van der Waals surface area contributed by atoms with Crippen molar-refractivity contribution in [1.82, 2.24) is 20.2 Å². The van der Waals surface area contributed by atoms with Crippen LogP contribution in [0.15, 0.2) is 48.8 Å². The molecular formula is C18H18FN5O2. The lowest BCUT2D eigenvalue weighted by atomic mass is 10.1. The third-order valence-corrected chi connectivity index (χ3v) is 3.86. The van der Waals surface area contributed by atoms with E-state index in [1.165, 1.54) is 30.3 Å². The van der Waals surface area contributed by atoms with Gasteiger partial charge in [0.05, 0.1) is 18.5 Å². The standard InChI is InChI=1S/C18H18FN5O2/c1-26-17-11-15(24-12-20-22-23-24)9-10-16(17)21-18(25)4-2-3-13-5-7-14(19)8-6-13/h5-12H,2-4H2,1H3,(H,21,25). The molecule has 2 aromatic carbocycles. The average Bonchev–Trinajstić information content (AvgIpc) is 3.18. The Morgan fingerprint density at radius 3 is 2.73 bits per heavy atom. The van der Waals surface area contributed by atoms with Crippen molar-refractivity contribution in [3.8, 4) is 11.4 Å². The maximum atomic E-state index is 12.9. The SMILES string of the molecule is COc1cc(-n2cnnn2)ccc1NC(=O)CCCc1ccc(F)cc1. The second-order valence-corrected chi connectivity index (χ2v) is 5.67. The molecule has 0 aliphatic carbocycles. The van der Waals surface area contributed by atoms with Crippen molar-refractivity contribution in [2.24, 2.45) is 0 Å². The number of aromatic nitrogens is 4.